The average Bonchev–Trinajstić information content (AvgIpc) is 2.48. The monoisotopic (exact) mass is 201 g/mol. The van der Waals surface area contributed by atoms with E-state index in [9.17, 15) is 0 Å². The van der Waals surface area contributed by atoms with Crippen LogP contribution in [-0.4, -0.2) is 23.1 Å². The summed E-state index contributed by atoms with van der Waals surface area (Å²) in [4.78, 5) is 0. The minimum Gasteiger partial charge on any atom is -0.313 e. The molecule has 0 bridgehead atoms. The summed E-state index contributed by atoms with van der Waals surface area (Å²) in [5, 5.41) is 3.63. The highest BCUT2D eigenvalue weighted by molar-refractivity contribution is 8.00. The van der Waals surface area contributed by atoms with Crippen molar-refractivity contribution in [3.63, 3.8) is 0 Å². The van der Waals surface area contributed by atoms with E-state index in [-0.39, 0.29) is 0 Å². The van der Waals surface area contributed by atoms with Gasteiger partial charge in [-0.15, -0.1) is 0 Å². The van der Waals surface area contributed by atoms with Gasteiger partial charge in [0.25, 0.3) is 0 Å². The van der Waals surface area contributed by atoms with Crippen molar-refractivity contribution >= 4 is 11.8 Å². The fourth-order valence-electron chi connectivity index (χ4n) is 1.75. The zero-order valence-corrected chi connectivity index (χ0v) is 10.0. The van der Waals surface area contributed by atoms with Crippen molar-refractivity contribution in [3.05, 3.63) is 0 Å². The number of hydrogen-bond acceptors (Lipinski definition) is 2. The zero-order valence-electron chi connectivity index (χ0n) is 9.23. The highest BCUT2D eigenvalue weighted by Gasteiger charge is 2.14. The lowest BCUT2D eigenvalue weighted by Gasteiger charge is -2.18. The molecule has 1 fully saturated rings. The molecule has 0 aromatic carbocycles. The normalized spacial score (nSPS) is 19.6. The van der Waals surface area contributed by atoms with E-state index in [1.165, 1.54) is 38.0 Å². The Morgan fingerprint density at radius 3 is 2.38 bits per heavy atom. The molecule has 1 aliphatic rings. The van der Waals surface area contributed by atoms with Gasteiger partial charge in [0, 0.05) is 23.1 Å². The molecule has 1 nitrogen and oxygen atoms in total. The molecular weight excluding hydrogens is 178 g/mol. The van der Waals surface area contributed by atoms with Gasteiger partial charge in [-0.3, -0.25) is 0 Å². The first-order chi connectivity index (χ1) is 6.08. The first-order valence-electron chi connectivity index (χ1n) is 5.45. The maximum absolute atomic E-state index is 3.63. The second-order valence-corrected chi connectivity index (χ2v) is 6.82. The second kappa shape index (κ2) is 5.26. The standard InChI is InChI=1S/C11H23NS/c1-11(2,3)13-9-8-12-10-6-4-5-7-10/h10,12H,4-9H2,1-3H3. The summed E-state index contributed by atoms with van der Waals surface area (Å²) in [7, 11) is 0. The molecular formula is C11H23NS. The summed E-state index contributed by atoms with van der Waals surface area (Å²) < 4.78 is 0.428. The molecule has 0 amide bonds. The smallest absolute Gasteiger partial charge is 0.00755 e. The molecule has 13 heavy (non-hydrogen) atoms. The quantitative estimate of drug-likeness (QED) is 0.702. The highest BCUT2D eigenvalue weighted by atomic mass is 32.2. The van der Waals surface area contributed by atoms with E-state index in [0.29, 0.717) is 4.75 Å². The van der Waals surface area contributed by atoms with Gasteiger partial charge in [0.2, 0.25) is 0 Å². The molecule has 0 aromatic heterocycles. The van der Waals surface area contributed by atoms with Crippen molar-refractivity contribution in [1.29, 1.82) is 0 Å². The summed E-state index contributed by atoms with van der Waals surface area (Å²) in [5.41, 5.74) is 0. The number of rotatable bonds is 4. The third-order valence-corrected chi connectivity index (χ3v) is 3.70. The fraction of sp³-hybridized carbons (Fsp3) is 1.00. The van der Waals surface area contributed by atoms with Gasteiger partial charge in [0.15, 0.2) is 0 Å². The number of thioether (sulfide) groups is 1. The first-order valence-corrected chi connectivity index (χ1v) is 6.44. The molecule has 1 N–H and O–H groups in total. The molecule has 0 radical (unpaired) electrons. The molecule has 0 aromatic rings. The Morgan fingerprint density at radius 1 is 1.23 bits per heavy atom. The molecule has 0 aliphatic heterocycles. The molecule has 0 spiro atoms. The van der Waals surface area contributed by atoms with E-state index in [2.05, 4.69) is 37.8 Å². The number of nitrogens with one attached hydrogen (secondary N) is 1. The summed E-state index contributed by atoms with van der Waals surface area (Å²) in [6.07, 6.45) is 5.68. The average molecular weight is 201 g/mol. The van der Waals surface area contributed by atoms with Gasteiger partial charge >= 0.3 is 0 Å². The van der Waals surface area contributed by atoms with E-state index in [0.717, 1.165) is 6.04 Å². The third kappa shape index (κ3) is 5.58. The largest absolute Gasteiger partial charge is 0.313 e. The Bertz CT molecular complexity index is 134. The van der Waals surface area contributed by atoms with Gasteiger partial charge in [-0.1, -0.05) is 33.6 Å². The number of hydrogen-bond donors (Lipinski definition) is 1. The van der Waals surface area contributed by atoms with Gasteiger partial charge in [0.1, 0.15) is 0 Å². The Balaban J connectivity index is 1.94. The van der Waals surface area contributed by atoms with Crippen molar-refractivity contribution in [2.45, 2.75) is 57.2 Å². The predicted octanol–water partition coefficient (Wildman–Crippen LogP) is 3.05. The Kier molecular flexibility index (Phi) is 4.60. The second-order valence-electron chi connectivity index (χ2n) is 4.90. The first kappa shape index (κ1) is 11.4. The van der Waals surface area contributed by atoms with Crippen LogP contribution >= 0.6 is 11.8 Å². The predicted molar refractivity (Wildman–Crippen MR) is 62.5 cm³/mol. The molecule has 1 rings (SSSR count). The van der Waals surface area contributed by atoms with Crippen molar-refractivity contribution in [3.8, 4) is 0 Å². The minimum absolute atomic E-state index is 0.428. The van der Waals surface area contributed by atoms with Gasteiger partial charge in [-0.05, 0) is 12.8 Å². The highest BCUT2D eigenvalue weighted by Crippen LogP contribution is 2.22. The van der Waals surface area contributed by atoms with Gasteiger partial charge in [-0.25, -0.2) is 0 Å². The lowest BCUT2D eigenvalue weighted by Crippen LogP contribution is -2.29. The summed E-state index contributed by atoms with van der Waals surface area (Å²) in [6, 6.07) is 0.834. The summed E-state index contributed by atoms with van der Waals surface area (Å²) in [5.74, 6) is 1.25. The van der Waals surface area contributed by atoms with Crippen LogP contribution in [0.25, 0.3) is 0 Å². The molecule has 2 heteroatoms. The van der Waals surface area contributed by atoms with Crippen LogP contribution in [0.3, 0.4) is 0 Å². The van der Waals surface area contributed by atoms with Crippen molar-refractivity contribution in [1.82, 2.24) is 5.32 Å². The minimum atomic E-state index is 0.428. The van der Waals surface area contributed by atoms with Crippen LogP contribution in [0.4, 0.5) is 0 Å². The van der Waals surface area contributed by atoms with E-state index in [4.69, 9.17) is 0 Å². The molecule has 1 saturated carbocycles. The van der Waals surface area contributed by atoms with Crippen LogP contribution in [0.2, 0.25) is 0 Å². The SMILES string of the molecule is CC(C)(C)SCCNC1CCCC1. The molecule has 0 atom stereocenters. The van der Waals surface area contributed by atoms with Crippen LogP contribution in [0.15, 0.2) is 0 Å². The van der Waals surface area contributed by atoms with E-state index in [1.807, 2.05) is 0 Å². The third-order valence-electron chi connectivity index (χ3n) is 2.43. The van der Waals surface area contributed by atoms with Crippen LogP contribution in [0.5, 0.6) is 0 Å². The van der Waals surface area contributed by atoms with Gasteiger partial charge in [0.05, 0.1) is 0 Å². The topological polar surface area (TPSA) is 12.0 Å². The lowest BCUT2D eigenvalue weighted by molar-refractivity contribution is 0.544. The maximum Gasteiger partial charge on any atom is 0.00755 e. The van der Waals surface area contributed by atoms with Crippen LogP contribution < -0.4 is 5.32 Å². The van der Waals surface area contributed by atoms with Crippen molar-refractivity contribution in [2.75, 3.05) is 12.3 Å². The lowest BCUT2D eigenvalue weighted by atomic mass is 10.2. The molecule has 1 aliphatic carbocycles. The van der Waals surface area contributed by atoms with Gasteiger partial charge in [-0.2, -0.15) is 11.8 Å². The summed E-state index contributed by atoms with van der Waals surface area (Å²) >= 11 is 2.05. The summed E-state index contributed by atoms with van der Waals surface area (Å²) in [6.45, 7) is 8.04. The zero-order chi connectivity index (χ0) is 9.73. The van der Waals surface area contributed by atoms with Crippen molar-refractivity contribution < 1.29 is 0 Å². The molecule has 0 unspecified atom stereocenters. The molecule has 0 heterocycles. The van der Waals surface area contributed by atoms with Crippen LogP contribution in [-0.2, 0) is 0 Å². The van der Waals surface area contributed by atoms with Crippen LogP contribution in [0, 0.1) is 0 Å². The van der Waals surface area contributed by atoms with E-state index < -0.39 is 0 Å². The Hall–Kier alpha value is 0.310. The molecule has 0 saturated heterocycles. The maximum atomic E-state index is 3.63. The Morgan fingerprint density at radius 2 is 1.85 bits per heavy atom. The van der Waals surface area contributed by atoms with E-state index in [1.54, 1.807) is 0 Å². The fourth-order valence-corrected chi connectivity index (χ4v) is 2.58. The van der Waals surface area contributed by atoms with E-state index >= 15 is 0 Å². The Labute approximate surface area is 87.1 Å². The van der Waals surface area contributed by atoms with Crippen molar-refractivity contribution in [2.24, 2.45) is 0 Å². The van der Waals surface area contributed by atoms with Crippen LogP contribution in [0.1, 0.15) is 46.5 Å². The molecule has 78 valence electrons. The van der Waals surface area contributed by atoms with Gasteiger partial charge < -0.3 is 5.32 Å².